The molecule has 1 aromatic heterocycles. The summed E-state index contributed by atoms with van der Waals surface area (Å²) in [7, 11) is 0. The highest BCUT2D eigenvalue weighted by molar-refractivity contribution is 5.80. The van der Waals surface area contributed by atoms with Gasteiger partial charge >= 0.3 is 0 Å². The molecule has 0 radical (unpaired) electrons. The molecule has 2 heterocycles. The highest BCUT2D eigenvalue weighted by atomic mass is 16.4. The van der Waals surface area contributed by atoms with Crippen LogP contribution < -0.4 is 5.32 Å². The summed E-state index contributed by atoms with van der Waals surface area (Å²) in [4.78, 5) is 6.95. The fraction of sp³-hybridized carbons (Fsp3) is 0.450. The molecule has 2 N–H and O–H groups in total. The molecule has 2 atom stereocenters. The van der Waals surface area contributed by atoms with Gasteiger partial charge < -0.3 is 19.7 Å². The number of aliphatic imine (C=N–C) groups is 1. The second kappa shape index (κ2) is 7.74. The molecule has 1 aliphatic rings. The first-order valence-electron chi connectivity index (χ1n) is 8.94. The monoisotopic (exact) mass is 341 g/mol. The Labute approximate surface area is 149 Å². The molecule has 0 saturated carbocycles. The molecule has 5 nitrogen and oxygen atoms in total. The Morgan fingerprint density at radius 2 is 2.12 bits per heavy atom. The molecule has 0 amide bonds. The molecule has 1 aliphatic heterocycles. The SMILES string of the molecule is CCNC(=NCC(C)(O)c1ccco1)N1CCC(c2ccccc2)C1. The van der Waals surface area contributed by atoms with Crippen LogP contribution in [0.3, 0.4) is 0 Å². The summed E-state index contributed by atoms with van der Waals surface area (Å²) in [6, 6.07) is 14.2. The van der Waals surface area contributed by atoms with Gasteiger partial charge in [0.15, 0.2) is 5.96 Å². The molecule has 5 heteroatoms. The highest BCUT2D eigenvalue weighted by Gasteiger charge is 2.29. The summed E-state index contributed by atoms with van der Waals surface area (Å²) >= 11 is 0. The minimum Gasteiger partial charge on any atom is -0.466 e. The Kier molecular flexibility index (Phi) is 5.43. The lowest BCUT2D eigenvalue weighted by atomic mass is 9.99. The van der Waals surface area contributed by atoms with Crippen molar-refractivity contribution in [1.82, 2.24) is 10.2 Å². The van der Waals surface area contributed by atoms with Crippen molar-refractivity contribution in [2.24, 2.45) is 4.99 Å². The average molecular weight is 341 g/mol. The van der Waals surface area contributed by atoms with Gasteiger partial charge in [0.2, 0.25) is 0 Å². The zero-order chi connectivity index (χ0) is 17.7. The standard InChI is InChI=1S/C20H27N3O2/c1-3-21-19(22-15-20(2,24)18-10-7-13-25-18)23-12-11-17(14-23)16-8-5-4-6-9-16/h4-10,13,17,24H,3,11-12,14-15H2,1-2H3,(H,21,22). The summed E-state index contributed by atoms with van der Waals surface area (Å²) in [5.74, 6) is 1.92. The maximum Gasteiger partial charge on any atom is 0.194 e. The number of nitrogens with zero attached hydrogens (tertiary/aromatic N) is 2. The number of guanidine groups is 1. The summed E-state index contributed by atoms with van der Waals surface area (Å²) in [5.41, 5.74) is 0.270. The van der Waals surface area contributed by atoms with Gasteiger partial charge in [-0.15, -0.1) is 0 Å². The van der Waals surface area contributed by atoms with E-state index in [0.717, 1.165) is 32.0 Å². The Hall–Kier alpha value is -2.27. The van der Waals surface area contributed by atoms with Gasteiger partial charge in [-0.05, 0) is 38.0 Å². The molecule has 2 aromatic rings. The lowest BCUT2D eigenvalue weighted by Crippen LogP contribution is -2.41. The van der Waals surface area contributed by atoms with Gasteiger partial charge in [0.05, 0.1) is 12.8 Å². The Morgan fingerprint density at radius 3 is 2.80 bits per heavy atom. The Morgan fingerprint density at radius 1 is 1.32 bits per heavy atom. The molecule has 2 unspecified atom stereocenters. The van der Waals surface area contributed by atoms with E-state index in [9.17, 15) is 5.11 Å². The third-order valence-electron chi connectivity index (χ3n) is 4.68. The zero-order valence-corrected chi connectivity index (χ0v) is 15.0. The first-order chi connectivity index (χ1) is 12.1. The van der Waals surface area contributed by atoms with Gasteiger partial charge in [-0.1, -0.05) is 30.3 Å². The third kappa shape index (κ3) is 4.23. The van der Waals surface area contributed by atoms with Crippen molar-refractivity contribution < 1.29 is 9.52 Å². The molecule has 1 aromatic carbocycles. The Bertz CT molecular complexity index is 680. The van der Waals surface area contributed by atoms with Crippen molar-refractivity contribution in [3.05, 3.63) is 60.1 Å². The van der Waals surface area contributed by atoms with Crippen LogP contribution in [-0.4, -0.2) is 42.1 Å². The molecular formula is C20H27N3O2. The number of furan rings is 1. The number of benzene rings is 1. The van der Waals surface area contributed by atoms with Crippen LogP contribution in [0.4, 0.5) is 0 Å². The predicted molar refractivity (Wildman–Crippen MR) is 99.6 cm³/mol. The van der Waals surface area contributed by atoms with Crippen LogP contribution in [0.25, 0.3) is 0 Å². The normalized spacial score (nSPS) is 20.5. The van der Waals surface area contributed by atoms with E-state index < -0.39 is 5.60 Å². The maximum absolute atomic E-state index is 10.6. The number of nitrogens with one attached hydrogen (secondary N) is 1. The fourth-order valence-electron chi connectivity index (χ4n) is 3.27. The summed E-state index contributed by atoms with van der Waals surface area (Å²) in [5, 5.41) is 14.0. The summed E-state index contributed by atoms with van der Waals surface area (Å²) in [6.45, 7) is 6.76. The predicted octanol–water partition coefficient (Wildman–Crippen LogP) is 2.94. The lowest BCUT2D eigenvalue weighted by molar-refractivity contribution is 0.0435. The first kappa shape index (κ1) is 17.5. The molecule has 3 rings (SSSR count). The molecule has 0 spiro atoms. The van der Waals surface area contributed by atoms with E-state index in [1.54, 1.807) is 25.3 Å². The molecule has 1 fully saturated rings. The quantitative estimate of drug-likeness (QED) is 0.648. The largest absolute Gasteiger partial charge is 0.466 e. The third-order valence-corrected chi connectivity index (χ3v) is 4.68. The molecule has 134 valence electrons. The van der Waals surface area contributed by atoms with E-state index in [-0.39, 0.29) is 6.54 Å². The van der Waals surface area contributed by atoms with Crippen molar-refractivity contribution in [3.63, 3.8) is 0 Å². The van der Waals surface area contributed by atoms with Crippen LogP contribution in [0.15, 0.2) is 58.1 Å². The number of hydrogen-bond donors (Lipinski definition) is 2. The van der Waals surface area contributed by atoms with Crippen molar-refractivity contribution in [1.29, 1.82) is 0 Å². The van der Waals surface area contributed by atoms with Gasteiger partial charge in [-0.3, -0.25) is 0 Å². The first-order valence-corrected chi connectivity index (χ1v) is 8.94. The van der Waals surface area contributed by atoms with Crippen LogP contribution >= 0.6 is 0 Å². The van der Waals surface area contributed by atoms with E-state index in [0.29, 0.717) is 11.7 Å². The van der Waals surface area contributed by atoms with Gasteiger partial charge in [-0.25, -0.2) is 4.99 Å². The van der Waals surface area contributed by atoms with Gasteiger partial charge in [0, 0.05) is 25.6 Å². The summed E-state index contributed by atoms with van der Waals surface area (Å²) in [6.07, 6.45) is 2.69. The number of hydrogen-bond acceptors (Lipinski definition) is 3. The fourth-order valence-corrected chi connectivity index (χ4v) is 3.27. The molecule has 25 heavy (non-hydrogen) atoms. The molecule has 0 aliphatic carbocycles. The van der Waals surface area contributed by atoms with Crippen LogP contribution in [-0.2, 0) is 5.60 Å². The number of aliphatic hydroxyl groups is 1. The molecular weight excluding hydrogens is 314 g/mol. The average Bonchev–Trinajstić information content (AvgIpc) is 3.31. The van der Waals surface area contributed by atoms with E-state index in [4.69, 9.17) is 4.42 Å². The molecule has 1 saturated heterocycles. The van der Waals surface area contributed by atoms with Crippen LogP contribution in [0.1, 0.15) is 37.5 Å². The van der Waals surface area contributed by atoms with Gasteiger partial charge in [0.25, 0.3) is 0 Å². The lowest BCUT2D eigenvalue weighted by Gasteiger charge is -2.24. The smallest absolute Gasteiger partial charge is 0.194 e. The van der Waals surface area contributed by atoms with E-state index in [1.165, 1.54) is 5.56 Å². The van der Waals surface area contributed by atoms with Gasteiger partial charge in [-0.2, -0.15) is 0 Å². The van der Waals surface area contributed by atoms with E-state index >= 15 is 0 Å². The second-order valence-electron chi connectivity index (χ2n) is 6.76. The Balaban J connectivity index is 1.69. The van der Waals surface area contributed by atoms with E-state index in [1.807, 2.05) is 0 Å². The second-order valence-corrected chi connectivity index (χ2v) is 6.76. The van der Waals surface area contributed by atoms with E-state index in [2.05, 4.69) is 52.5 Å². The maximum atomic E-state index is 10.6. The minimum absolute atomic E-state index is 0.259. The minimum atomic E-state index is -1.11. The van der Waals surface area contributed by atoms with Crippen molar-refractivity contribution in [3.8, 4) is 0 Å². The van der Waals surface area contributed by atoms with Crippen molar-refractivity contribution >= 4 is 5.96 Å². The van der Waals surface area contributed by atoms with Crippen LogP contribution in [0.2, 0.25) is 0 Å². The zero-order valence-electron chi connectivity index (χ0n) is 15.0. The molecule has 0 bridgehead atoms. The van der Waals surface area contributed by atoms with Crippen LogP contribution in [0, 0.1) is 0 Å². The van der Waals surface area contributed by atoms with Crippen LogP contribution in [0.5, 0.6) is 0 Å². The van der Waals surface area contributed by atoms with Gasteiger partial charge in [0.1, 0.15) is 11.4 Å². The number of rotatable bonds is 5. The van der Waals surface area contributed by atoms with Crippen molar-refractivity contribution in [2.45, 2.75) is 31.8 Å². The van der Waals surface area contributed by atoms with Crippen molar-refractivity contribution in [2.75, 3.05) is 26.2 Å². The number of likely N-dealkylation sites (tertiary alicyclic amines) is 1. The summed E-state index contributed by atoms with van der Waals surface area (Å²) < 4.78 is 5.34. The topological polar surface area (TPSA) is 61.0 Å². The highest BCUT2D eigenvalue weighted by Crippen LogP contribution is 2.27.